The molecule has 1 aromatic carbocycles. The summed E-state index contributed by atoms with van der Waals surface area (Å²) in [6.45, 7) is 4.65. The van der Waals surface area contributed by atoms with Crippen molar-refractivity contribution in [3.05, 3.63) is 30.4 Å². The smallest absolute Gasteiger partial charge is 0.246 e. The number of nitrogens with zero attached hydrogens (tertiary/aromatic N) is 5. The molecule has 1 aliphatic heterocycles. The van der Waals surface area contributed by atoms with Crippen LogP contribution in [0.1, 0.15) is 31.9 Å². The van der Waals surface area contributed by atoms with Crippen molar-refractivity contribution < 1.29 is 22.3 Å². The third kappa shape index (κ3) is 4.91. The molecule has 12 nitrogen and oxygen atoms in total. The van der Waals surface area contributed by atoms with E-state index in [4.69, 9.17) is 19.6 Å². The number of nitrogen functional groups attached to an aromatic ring is 1. The second-order valence-electron chi connectivity index (χ2n) is 8.15. The standard InChI is InChI=1S/C22H25N7O5S2/c1-3-4-5-8-36(30,31)28-29-20-18(19(23)25-12-26-20)27-22(29)35-17-10-16-15(32-6-7-33-16)9-14(17)21-24-11-13(2)34-21/h9-12,28H,3-8H2,1-2H3,(H2,23,25,26). The molecule has 0 saturated carbocycles. The van der Waals surface area contributed by atoms with E-state index in [0.29, 0.717) is 53.2 Å². The van der Waals surface area contributed by atoms with Gasteiger partial charge in [0.15, 0.2) is 33.6 Å². The Bertz CT molecular complexity index is 1520. The summed E-state index contributed by atoms with van der Waals surface area (Å²) >= 11 is 1.19. The van der Waals surface area contributed by atoms with Crippen LogP contribution in [0.4, 0.5) is 5.82 Å². The first-order valence-corrected chi connectivity index (χ1v) is 13.8. The fourth-order valence-corrected chi connectivity index (χ4v) is 5.83. The number of benzene rings is 1. The van der Waals surface area contributed by atoms with Crippen molar-refractivity contribution in [1.82, 2.24) is 24.6 Å². The number of oxazole rings is 1. The monoisotopic (exact) mass is 531 g/mol. The van der Waals surface area contributed by atoms with Gasteiger partial charge in [-0.25, -0.2) is 37.9 Å². The number of anilines is 1. The lowest BCUT2D eigenvalue weighted by molar-refractivity contribution is 0.171. The Labute approximate surface area is 211 Å². The minimum absolute atomic E-state index is 0.0317. The van der Waals surface area contributed by atoms with Crippen molar-refractivity contribution >= 4 is 38.8 Å². The first kappa shape index (κ1) is 24.2. The Hall–Kier alpha value is -3.52. The molecule has 0 aliphatic carbocycles. The van der Waals surface area contributed by atoms with Crippen LogP contribution in [0.3, 0.4) is 0 Å². The Morgan fingerprint density at radius 3 is 2.64 bits per heavy atom. The normalized spacial score (nSPS) is 13.3. The van der Waals surface area contributed by atoms with Gasteiger partial charge >= 0.3 is 0 Å². The highest BCUT2D eigenvalue weighted by Gasteiger charge is 2.25. The highest BCUT2D eigenvalue weighted by molar-refractivity contribution is 7.99. The maximum atomic E-state index is 12.9. The summed E-state index contributed by atoms with van der Waals surface area (Å²) < 4.78 is 44.4. The Balaban J connectivity index is 1.60. The summed E-state index contributed by atoms with van der Waals surface area (Å²) in [5, 5.41) is 0.289. The molecular formula is C22H25N7O5S2. The van der Waals surface area contributed by atoms with Gasteiger partial charge in [0.2, 0.25) is 15.9 Å². The van der Waals surface area contributed by atoms with E-state index in [2.05, 4.69) is 24.8 Å². The number of hydrogen-bond acceptors (Lipinski definition) is 11. The van der Waals surface area contributed by atoms with Gasteiger partial charge in [-0.05, 0) is 37.2 Å². The zero-order valence-corrected chi connectivity index (χ0v) is 21.4. The summed E-state index contributed by atoms with van der Waals surface area (Å²) in [6, 6.07) is 3.58. The number of unbranched alkanes of at least 4 members (excludes halogenated alkanes) is 2. The maximum Gasteiger partial charge on any atom is 0.246 e. The van der Waals surface area contributed by atoms with Crippen molar-refractivity contribution in [3.8, 4) is 23.0 Å². The van der Waals surface area contributed by atoms with Crippen LogP contribution < -0.4 is 20.0 Å². The molecule has 0 amide bonds. The minimum atomic E-state index is -3.69. The minimum Gasteiger partial charge on any atom is -0.486 e. The molecule has 0 atom stereocenters. The highest BCUT2D eigenvalue weighted by atomic mass is 32.2. The molecule has 3 aromatic heterocycles. The summed E-state index contributed by atoms with van der Waals surface area (Å²) in [5.74, 6) is 2.25. The van der Waals surface area contributed by atoms with Gasteiger partial charge in [0.05, 0.1) is 17.5 Å². The molecule has 0 bridgehead atoms. The third-order valence-corrected chi connectivity index (χ3v) is 7.69. The van der Waals surface area contributed by atoms with Crippen molar-refractivity contribution in [2.75, 3.05) is 29.5 Å². The van der Waals surface area contributed by atoms with Crippen LogP contribution in [0.25, 0.3) is 22.6 Å². The number of sulfonamides is 1. The van der Waals surface area contributed by atoms with Crippen LogP contribution in [0.2, 0.25) is 0 Å². The maximum absolute atomic E-state index is 12.9. The number of nitrogens with two attached hydrogens (primary N) is 1. The van der Waals surface area contributed by atoms with Gasteiger partial charge in [-0.15, -0.1) is 0 Å². The van der Waals surface area contributed by atoms with Crippen LogP contribution in [0, 0.1) is 6.92 Å². The predicted molar refractivity (Wildman–Crippen MR) is 134 cm³/mol. The van der Waals surface area contributed by atoms with Gasteiger partial charge in [-0.1, -0.05) is 19.8 Å². The number of aryl methyl sites for hydroxylation is 1. The molecule has 3 N–H and O–H groups in total. The molecule has 0 unspecified atom stereocenters. The lowest BCUT2D eigenvalue weighted by Gasteiger charge is -2.20. The van der Waals surface area contributed by atoms with E-state index in [1.54, 1.807) is 25.3 Å². The van der Waals surface area contributed by atoms with Gasteiger partial charge in [0, 0.05) is 4.90 Å². The molecule has 0 spiro atoms. The molecule has 1 aliphatic rings. The van der Waals surface area contributed by atoms with Crippen LogP contribution in [0.5, 0.6) is 11.5 Å². The lowest BCUT2D eigenvalue weighted by atomic mass is 10.2. The van der Waals surface area contributed by atoms with Gasteiger partial charge in [-0.2, -0.15) is 0 Å². The van der Waals surface area contributed by atoms with Crippen LogP contribution >= 0.6 is 11.8 Å². The molecule has 190 valence electrons. The van der Waals surface area contributed by atoms with Crippen LogP contribution in [0.15, 0.2) is 39.1 Å². The van der Waals surface area contributed by atoms with Crippen LogP contribution in [-0.4, -0.2) is 52.0 Å². The van der Waals surface area contributed by atoms with Gasteiger partial charge in [0.1, 0.15) is 25.3 Å². The largest absolute Gasteiger partial charge is 0.486 e. The van der Waals surface area contributed by atoms with Crippen molar-refractivity contribution in [1.29, 1.82) is 0 Å². The molecule has 36 heavy (non-hydrogen) atoms. The topological polar surface area (TPSA) is 160 Å². The number of ether oxygens (including phenoxy) is 2. The summed E-state index contributed by atoms with van der Waals surface area (Å²) in [4.78, 5) is 20.4. The summed E-state index contributed by atoms with van der Waals surface area (Å²) in [6.07, 6.45) is 5.13. The summed E-state index contributed by atoms with van der Waals surface area (Å²) in [7, 11) is -3.69. The van der Waals surface area contributed by atoms with Crippen molar-refractivity contribution in [2.24, 2.45) is 0 Å². The first-order valence-electron chi connectivity index (χ1n) is 11.4. The number of aromatic nitrogens is 5. The number of hydrogen-bond donors (Lipinski definition) is 2. The van der Waals surface area contributed by atoms with Crippen molar-refractivity contribution in [3.63, 3.8) is 0 Å². The quantitative estimate of drug-likeness (QED) is 0.305. The molecule has 0 saturated heterocycles. The second-order valence-corrected chi connectivity index (χ2v) is 11.0. The summed E-state index contributed by atoms with van der Waals surface area (Å²) in [5.41, 5.74) is 7.20. The molecule has 5 rings (SSSR count). The van der Waals surface area contributed by atoms with E-state index in [1.807, 2.05) is 6.92 Å². The van der Waals surface area contributed by atoms with E-state index in [-0.39, 0.29) is 27.9 Å². The fraction of sp³-hybridized carbons (Fsp3) is 0.364. The fourth-order valence-electron chi connectivity index (χ4n) is 3.67. The highest BCUT2D eigenvalue weighted by Crippen LogP contribution is 2.44. The lowest BCUT2D eigenvalue weighted by Crippen LogP contribution is -2.26. The molecular weight excluding hydrogens is 506 g/mol. The second kappa shape index (κ2) is 9.85. The van der Waals surface area contributed by atoms with Gasteiger partial charge in [0.25, 0.3) is 0 Å². The number of imidazole rings is 1. The molecule has 0 fully saturated rings. The van der Waals surface area contributed by atoms with E-state index < -0.39 is 10.0 Å². The van der Waals surface area contributed by atoms with Crippen LogP contribution in [-0.2, 0) is 10.0 Å². The average Bonchev–Trinajstić information content (AvgIpc) is 3.43. The van der Waals surface area contributed by atoms with Gasteiger partial charge in [-0.3, -0.25) is 0 Å². The Kier molecular flexibility index (Phi) is 6.62. The SMILES string of the molecule is CCCCCS(=O)(=O)Nn1c(Sc2cc3c(cc2-c2ncc(C)o2)OCCO3)nc2c(N)ncnc21. The third-order valence-electron chi connectivity index (χ3n) is 5.39. The zero-order valence-electron chi connectivity index (χ0n) is 19.7. The van der Waals surface area contributed by atoms with E-state index in [0.717, 1.165) is 12.8 Å². The average molecular weight is 532 g/mol. The van der Waals surface area contributed by atoms with E-state index >= 15 is 0 Å². The molecule has 4 aromatic rings. The molecule has 4 heterocycles. The van der Waals surface area contributed by atoms with Gasteiger partial charge < -0.3 is 19.6 Å². The molecule has 14 heteroatoms. The van der Waals surface area contributed by atoms with E-state index in [9.17, 15) is 8.42 Å². The number of nitrogens with one attached hydrogen (secondary N) is 1. The number of fused-ring (bicyclic) bond motifs is 2. The number of rotatable bonds is 9. The zero-order chi connectivity index (χ0) is 25.3. The predicted octanol–water partition coefficient (Wildman–Crippen LogP) is 3.36. The Morgan fingerprint density at radius 1 is 1.14 bits per heavy atom. The molecule has 0 radical (unpaired) electrons. The first-order chi connectivity index (χ1) is 17.3. The van der Waals surface area contributed by atoms with E-state index in [1.165, 1.54) is 22.8 Å². The Morgan fingerprint density at radius 2 is 1.92 bits per heavy atom. The van der Waals surface area contributed by atoms with Crippen molar-refractivity contribution in [2.45, 2.75) is 43.2 Å².